The minimum absolute atomic E-state index is 0.0928. The fourth-order valence-electron chi connectivity index (χ4n) is 1.63. The maximum Gasteiger partial charge on any atom is 0.337 e. The number of hydrogen-bond acceptors (Lipinski definition) is 4. The van der Waals surface area contributed by atoms with Gasteiger partial charge in [0, 0.05) is 6.42 Å². The first-order valence-corrected chi connectivity index (χ1v) is 6.12. The Balaban J connectivity index is 2.10. The van der Waals surface area contributed by atoms with Gasteiger partial charge in [-0.25, -0.2) is 4.79 Å². The molecule has 17 heavy (non-hydrogen) atoms. The van der Waals surface area contributed by atoms with Gasteiger partial charge in [-0.1, -0.05) is 0 Å². The Kier molecular flexibility index (Phi) is 4.02. The molecule has 1 aromatic rings. The summed E-state index contributed by atoms with van der Waals surface area (Å²) >= 11 is 3.38. The van der Waals surface area contributed by atoms with Crippen molar-refractivity contribution in [2.24, 2.45) is 0 Å². The van der Waals surface area contributed by atoms with Crippen LogP contribution in [0.2, 0.25) is 0 Å². The summed E-state index contributed by atoms with van der Waals surface area (Å²) in [4.78, 5) is 11.3. The van der Waals surface area contributed by atoms with E-state index in [-0.39, 0.29) is 12.1 Å². The molecule has 1 fully saturated rings. The second-order valence-corrected chi connectivity index (χ2v) is 4.59. The predicted molar refractivity (Wildman–Crippen MR) is 65.3 cm³/mol. The number of benzene rings is 1. The molecule has 0 spiro atoms. The highest BCUT2D eigenvalue weighted by molar-refractivity contribution is 9.10. The number of halogens is 1. The van der Waals surface area contributed by atoms with Crippen molar-refractivity contribution in [2.45, 2.75) is 12.5 Å². The van der Waals surface area contributed by atoms with Crippen molar-refractivity contribution in [3.8, 4) is 5.75 Å². The fraction of sp³-hybridized carbons (Fsp3) is 0.417. The molecule has 5 heteroatoms. The molecular weight excluding hydrogens is 288 g/mol. The Hall–Kier alpha value is -1.07. The first-order chi connectivity index (χ1) is 8.20. The van der Waals surface area contributed by atoms with Crippen LogP contribution in [-0.2, 0) is 9.47 Å². The second kappa shape index (κ2) is 5.51. The van der Waals surface area contributed by atoms with Gasteiger partial charge in [-0.3, -0.25) is 0 Å². The molecule has 92 valence electrons. The number of methoxy groups -OCH3 is 1. The number of ether oxygens (including phenoxy) is 3. The lowest BCUT2D eigenvalue weighted by atomic mass is 10.2. The number of rotatable bonds is 3. The summed E-state index contributed by atoms with van der Waals surface area (Å²) in [6.07, 6.45) is 0.987. The van der Waals surface area contributed by atoms with Gasteiger partial charge in [0.25, 0.3) is 0 Å². The lowest BCUT2D eigenvalue weighted by Crippen LogP contribution is -2.16. The third kappa shape index (κ3) is 2.98. The Morgan fingerprint density at radius 1 is 1.53 bits per heavy atom. The van der Waals surface area contributed by atoms with Gasteiger partial charge in [-0.05, 0) is 34.1 Å². The summed E-state index contributed by atoms with van der Waals surface area (Å²) in [6, 6.07) is 5.13. The standard InChI is InChI=1S/C12H13BrO4/c1-15-12(14)8-2-3-11(10(13)6-8)17-9-4-5-16-7-9/h2-3,6,9H,4-5,7H2,1H3/t9-/m1/s1. The van der Waals surface area contributed by atoms with E-state index in [9.17, 15) is 4.79 Å². The minimum Gasteiger partial charge on any atom is -0.487 e. The van der Waals surface area contributed by atoms with E-state index in [1.807, 2.05) is 0 Å². The molecule has 1 atom stereocenters. The lowest BCUT2D eigenvalue weighted by Gasteiger charge is -2.13. The van der Waals surface area contributed by atoms with Crippen molar-refractivity contribution in [2.75, 3.05) is 20.3 Å². The molecule has 4 nitrogen and oxygen atoms in total. The van der Waals surface area contributed by atoms with Gasteiger partial charge in [0.05, 0.1) is 30.4 Å². The second-order valence-electron chi connectivity index (χ2n) is 3.74. The highest BCUT2D eigenvalue weighted by Gasteiger charge is 2.18. The van der Waals surface area contributed by atoms with Crippen LogP contribution in [0.5, 0.6) is 5.75 Å². The molecule has 1 aromatic carbocycles. The molecule has 1 heterocycles. The molecule has 0 saturated carbocycles. The van der Waals surface area contributed by atoms with Gasteiger partial charge in [-0.15, -0.1) is 0 Å². The molecule has 0 aliphatic carbocycles. The number of carbonyl (C=O) groups is 1. The fourth-order valence-corrected chi connectivity index (χ4v) is 2.10. The average Bonchev–Trinajstić information content (AvgIpc) is 2.83. The van der Waals surface area contributed by atoms with Crippen molar-refractivity contribution < 1.29 is 19.0 Å². The van der Waals surface area contributed by atoms with Gasteiger partial charge < -0.3 is 14.2 Å². The van der Waals surface area contributed by atoms with E-state index in [1.165, 1.54) is 7.11 Å². The summed E-state index contributed by atoms with van der Waals surface area (Å²) in [7, 11) is 1.36. The van der Waals surface area contributed by atoms with Crippen molar-refractivity contribution in [3.05, 3.63) is 28.2 Å². The quantitative estimate of drug-likeness (QED) is 0.804. The van der Waals surface area contributed by atoms with E-state index in [0.717, 1.165) is 17.5 Å². The third-order valence-corrected chi connectivity index (χ3v) is 3.15. The van der Waals surface area contributed by atoms with Gasteiger partial charge in [0.2, 0.25) is 0 Å². The molecule has 1 aliphatic rings. The van der Waals surface area contributed by atoms with Crippen molar-refractivity contribution in [1.82, 2.24) is 0 Å². The van der Waals surface area contributed by atoms with E-state index in [0.29, 0.717) is 17.9 Å². The van der Waals surface area contributed by atoms with Crippen LogP contribution in [0.1, 0.15) is 16.8 Å². The molecule has 0 bridgehead atoms. The van der Waals surface area contributed by atoms with Crippen LogP contribution < -0.4 is 4.74 Å². The van der Waals surface area contributed by atoms with E-state index in [1.54, 1.807) is 18.2 Å². The molecule has 0 unspecified atom stereocenters. The van der Waals surface area contributed by atoms with Crippen LogP contribution in [0.4, 0.5) is 0 Å². The third-order valence-electron chi connectivity index (χ3n) is 2.53. The monoisotopic (exact) mass is 300 g/mol. The molecular formula is C12H13BrO4. The van der Waals surface area contributed by atoms with Gasteiger partial charge >= 0.3 is 5.97 Å². The van der Waals surface area contributed by atoms with Crippen molar-refractivity contribution >= 4 is 21.9 Å². The molecule has 0 radical (unpaired) electrons. The average molecular weight is 301 g/mol. The summed E-state index contributed by atoms with van der Waals surface area (Å²) in [5.74, 6) is 0.356. The van der Waals surface area contributed by atoms with Crippen LogP contribution in [0.25, 0.3) is 0 Å². The zero-order valence-electron chi connectivity index (χ0n) is 9.44. The molecule has 1 aliphatic heterocycles. The summed E-state index contributed by atoms with van der Waals surface area (Å²) < 4.78 is 16.4. The van der Waals surface area contributed by atoms with Crippen LogP contribution in [-0.4, -0.2) is 32.4 Å². The van der Waals surface area contributed by atoms with Crippen LogP contribution in [0.3, 0.4) is 0 Å². The smallest absolute Gasteiger partial charge is 0.337 e. The summed E-state index contributed by atoms with van der Waals surface area (Å²) in [6.45, 7) is 1.35. The number of carbonyl (C=O) groups excluding carboxylic acids is 1. The number of hydrogen-bond donors (Lipinski definition) is 0. The zero-order chi connectivity index (χ0) is 12.3. The predicted octanol–water partition coefficient (Wildman–Crippen LogP) is 2.40. The zero-order valence-corrected chi connectivity index (χ0v) is 11.0. The molecule has 2 rings (SSSR count). The highest BCUT2D eigenvalue weighted by Crippen LogP contribution is 2.28. The Morgan fingerprint density at radius 3 is 2.94 bits per heavy atom. The number of esters is 1. The Bertz CT molecular complexity index is 413. The first-order valence-electron chi connectivity index (χ1n) is 5.33. The highest BCUT2D eigenvalue weighted by atomic mass is 79.9. The van der Waals surface area contributed by atoms with Gasteiger partial charge in [0.15, 0.2) is 0 Å². The molecule has 0 N–H and O–H groups in total. The largest absolute Gasteiger partial charge is 0.487 e. The van der Waals surface area contributed by atoms with Crippen LogP contribution in [0, 0.1) is 0 Å². The van der Waals surface area contributed by atoms with Crippen LogP contribution >= 0.6 is 15.9 Å². The van der Waals surface area contributed by atoms with E-state index in [2.05, 4.69) is 20.7 Å². The maximum absolute atomic E-state index is 11.3. The van der Waals surface area contributed by atoms with E-state index >= 15 is 0 Å². The SMILES string of the molecule is COC(=O)c1ccc(O[C@@H]2CCOC2)c(Br)c1. The maximum atomic E-state index is 11.3. The minimum atomic E-state index is -0.360. The Morgan fingerprint density at radius 2 is 2.35 bits per heavy atom. The Labute approximate surface area is 108 Å². The van der Waals surface area contributed by atoms with Crippen molar-refractivity contribution in [3.63, 3.8) is 0 Å². The first kappa shape index (κ1) is 12.4. The normalized spacial score (nSPS) is 19.1. The topological polar surface area (TPSA) is 44.8 Å². The van der Waals surface area contributed by atoms with E-state index < -0.39 is 0 Å². The van der Waals surface area contributed by atoms with Crippen LogP contribution in [0.15, 0.2) is 22.7 Å². The van der Waals surface area contributed by atoms with Gasteiger partial charge in [0.1, 0.15) is 11.9 Å². The lowest BCUT2D eigenvalue weighted by molar-refractivity contribution is 0.0600. The molecule has 1 saturated heterocycles. The molecule has 0 amide bonds. The summed E-state index contributed by atoms with van der Waals surface area (Å²) in [5, 5.41) is 0. The van der Waals surface area contributed by atoms with Gasteiger partial charge in [-0.2, -0.15) is 0 Å². The summed E-state index contributed by atoms with van der Waals surface area (Å²) in [5.41, 5.74) is 0.495. The molecule has 0 aromatic heterocycles. The van der Waals surface area contributed by atoms with E-state index in [4.69, 9.17) is 9.47 Å². The van der Waals surface area contributed by atoms with Crippen molar-refractivity contribution in [1.29, 1.82) is 0 Å².